The highest BCUT2D eigenvalue weighted by atomic mass is 32.2. The van der Waals surface area contributed by atoms with Crippen LogP contribution < -0.4 is 10.9 Å². The van der Waals surface area contributed by atoms with Gasteiger partial charge >= 0.3 is 0 Å². The molecule has 0 atom stereocenters. The fourth-order valence-corrected chi connectivity index (χ4v) is 6.20. The zero-order valence-corrected chi connectivity index (χ0v) is 22.8. The van der Waals surface area contributed by atoms with E-state index in [-0.39, 0.29) is 17.4 Å². The summed E-state index contributed by atoms with van der Waals surface area (Å²) in [4.78, 5) is 31.2. The molecule has 196 valence electrons. The fraction of sp³-hybridized carbons (Fsp3) is 0.344. The van der Waals surface area contributed by atoms with Crippen LogP contribution in [-0.4, -0.2) is 22.0 Å². The Bertz CT molecular complexity index is 1430. The van der Waals surface area contributed by atoms with Gasteiger partial charge in [-0.3, -0.25) is 14.2 Å². The van der Waals surface area contributed by atoms with Crippen LogP contribution in [0.4, 0.5) is 0 Å². The summed E-state index contributed by atoms with van der Waals surface area (Å²) in [5.74, 6) is 1.35. The van der Waals surface area contributed by atoms with E-state index in [0.29, 0.717) is 24.4 Å². The van der Waals surface area contributed by atoms with E-state index < -0.39 is 0 Å². The minimum atomic E-state index is 0.0304. The maximum absolute atomic E-state index is 13.5. The lowest BCUT2D eigenvalue weighted by molar-refractivity contribution is -0.126. The van der Waals surface area contributed by atoms with Crippen molar-refractivity contribution in [2.45, 2.75) is 56.5 Å². The minimum Gasteiger partial charge on any atom is -0.356 e. The highest BCUT2D eigenvalue weighted by molar-refractivity contribution is 7.98. The molecule has 0 bridgehead atoms. The first kappa shape index (κ1) is 26.2. The van der Waals surface area contributed by atoms with Crippen molar-refractivity contribution in [2.75, 3.05) is 6.54 Å². The van der Waals surface area contributed by atoms with Gasteiger partial charge in [0.25, 0.3) is 5.56 Å². The monoisotopic (exact) mass is 525 g/mol. The Morgan fingerprint density at radius 2 is 1.63 bits per heavy atom. The first-order valence-corrected chi connectivity index (χ1v) is 14.5. The van der Waals surface area contributed by atoms with E-state index in [4.69, 9.17) is 4.98 Å². The van der Waals surface area contributed by atoms with E-state index in [1.54, 1.807) is 11.8 Å². The Balaban J connectivity index is 1.22. The highest BCUT2D eigenvalue weighted by Crippen LogP contribution is 2.31. The zero-order valence-electron chi connectivity index (χ0n) is 21.9. The van der Waals surface area contributed by atoms with Crippen molar-refractivity contribution in [3.63, 3.8) is 0 Å². The zero-order chi connectivity index (χ0) is 26.3. The topological polar surface area (TPSA) is 64.0 Å². The molecule has 1 aliphatic carbocycles. The lowest BCUT2D eigenvalue weighted by Gasteiger charge is -2.28. The van der Waals surface area contributed by atoms with Gasteiger partial charge in [-0.15, -0.1) is 0 Å². The molecule has 1 fully saturated rings. The lowest BCUT2D eigenvalue weighted by atomic mass is 9.81. The summed E-state index contributed by atoms with van der Waals surface area (Å²) in [5.41, 5.74) is 4.47. The number of rotatable bonds is 9. The third-order valence-corrected chi connectivity index (χ3v) is 8.58. The molecule has 1 aromatic heterocycles. The molecule has 38 heavy (non-hydrogen) atoms. The van der Waals surface area contributed by atoms with Crippen molar-refractivity contribution in [2.24, 2.45) is 11.8 Å². The SMILES string of the molecule is Cc1ccc(CSc2nc3ccccc3c(=O)n2CC2CCC(C(=O)NCCc3ccccc3)CC2)cc1. The van der Waals surface area contributed by atoms with Gasteiger partial charge in [0.2, 0.25) is 5.91 Å². The van der Waals surface area contributed by atoms with Crippen molar-refractivity contribution in [3.05, 3.63) is 106 Å². The highest BCUT2D eigenvalue weighted by Gasteiger charge is 2.27. The Kier molecular flexibility index (Phi) is 8.59. The molecule has 0 spiro atoms. The Labute approximate surface area is 228 Å². The number of carbonyl (C=O) groups is 1. The number of benzene rings is 3. The third kappa shape index (κ3) is 6.54. The third-order valence-electron chi connectivity index (χ3n) is 7.53. The number of nitrogens with one attached hydrogen (secondary N) is 1. The molecule has 1 saturated carbocycles. The molecule has 5 nitrogen and oxygen atoms in total. The molecular formula is C32H35N3O2S. The molecule has 3 aromatic carbocycles. The van der Waals surface area contributed by atoms with Gasteiger partial charge in [-0.2, -0.15) is 0 Å². The predicted octanol–water partition coefficient (Wildman–Crippen LogP) is 6.16. The lowest BCUT2D eigenvalue weighted by Crippen LogP contribution is -2.35. The molecule has 1 aliphatic rings. The first-order chi connectivity index (χ1) is 18.6. The van der Waals surface area contributed by atoms with Crippen molar-refractivity contribution in [1.82, 2.24) is 14.9 Å². The van der Waals surface area contributed by atoms with Crippen LogP contribution in [0.5, 0.6) is 0 Å². The second-order valence-corrected chi connectivity index (χ2v) is 11.3. The first-order valence-electron chi connectivity index (χ1n) is 13.6. The number of carbonyl (C=O) groups excluding carboxylic acids is 1. The summed E-state index contributed by atoms with van der Waals surface area (Å²) in [7, 11) is 0. The number of aryl methyl sites for hydroxylation is 1. The summed E-state index contributed by atoms with van der Waals surface area (Å²) in [6.07, 6.45) is 4.46. The standard InChI is InChI=1S/C32H35N3O2S/c1-23-11-13-26(14-12-23)22-38-32-34-29-10-6-5-9-28(29)31(37)35(32)21-25-15-17-27(18-16-25)30(36)33-20-19-24-7-3-2-4-8-24/h2-14,25,27H,15-22H2,1H3,(H,33,36). The van der Waals surface area contributed by atoms with E-state index in [1.165, 1.54) is 16.7 Å². The number of para-hydroxylation sites is 1. The number of aromatic nitrogens is 2. The summed E-state index contributed by atoms with van der Waals surface area (Å²) < 4.78 is 1.88. The normalized spacial score (nSPS) is 17.4. The molecule has 6 heteroatoms. The van der Waals surface area contributed by atoms with E-state index in [9.17, 15) is 9.59 Å². The second-order valence-electron chi connectivity index (χ2n) is 10.3. The van der Waals surface area contributed by atoms with Crippen molar-refractivity contribution >= 4 is 28.6 Å². The minimum absolute atomic E-state index is 0.0304. The van der Waals surface area contributed by atoms with Crippen LogP contribution in [-0.2, 0) is 23.5 Å². The molecular weight excluding hydrogens is 490 g/mol. The Hall–Kier alpha value is -3.38. The van der Waals surface area contributed by atoms with Crippen LogP contribution in [0.3, 0.4) is 0 Å². The predicted molar refractivity (Wildman–Crippen MR) is 155 cm³/mol. The molecule has 1 heterocycles. The van der Waals surface area contributed by atoms with E-state index >= 15 is 0 Å². The van der Waals surface area contributed by atoms with Gasteiger partial charge in [-0.1, -0.05) is 84.1 Å². The maximum atomic E-state index is 13.5. The molecule has 1 amide bonds. The molecule has 0 saturated heterocycles. The molecule has 0 unspecified atom stereocenters. The smallest absolute Gasteiger partial charge is 0.262 e. The number of fused-ring (bicyclic) bond motifs is 1. The van der Waals surface area contributed by atoms with Crippen molar-refractivity contribution in [3.8, 4) is 0 Å². The van der Waals surface area contributed by atoms with Gasteiger partial charge in [-0.25, -0.2) is 4.98 Å². The number of thioether (sulfide) groups is 1. The van der Waals surface area contributed by atoms with Crippen LogP contribution in [0, 0.1) is 18.8 Å². The van der Waals surface area contributed by atoms with Crippen LogP contribution >= 0.6 is 11.8 Å². The van der Waals surface area contributed by atoms with Crippen LogP contribution in [0.25, 0.3) is 10.9 Å². The van der Waals surface area contributed by atoms with Gasteiger partial charge in [0.1, 0.15) is 0 Å². The van der Waals surface area contributed by atoms with Gasteiger partial charge in [0.05, 0.1) is 10.9 Å². The van der Waals surface area contributed by atoms with E-state index in [1.807, 2.05) is 47.0 Å². The van der Waals surface area contributed by atoms with Crippen LogP contribution in [0.1, 0.15) is 42.4 Å². The van der Waals surface area contributed by atoms with Gasteiger partial charge in [0.15, 0.2) is 5.16 Å². The average molecular weight is 526 g/mol. The summed E-state index contributed by atoms with van der Waals surface area (Å²) in [6, 6.07) is 26.4. The van der Waals surface area contributed by atoms with Gasteiger partial charge in [-0.05, 0) is 68.2 Å². The number of hydrogen-bond acceptors (Lipinski definition) is 4. The summed E-state index contributed by atoms with van der Waals surface area (Å²) >= 11 is 1.62. The van der Waals surface area contributed by atoms with E-state index in [2.05, 4.69) is 48.6 Å². The van der Waals surface area contributed by atoms with Crippen molar-refractivity contribution in [1.29, 1.82) is 0 Å². The number of hydrogen-bond donors (Lipinski definition) is 1. The van der Waals surface area contributed by atoms with Crippen LogP contribution in [0.2, 0.25) is 0 Å². The van der Waals surface area contributed by atoms with Crippen LogP contribution in [0.15, 0.2) is 88.8 Å². The largest absolute Gasteiger partial charge is 0.356 e. The Morgan fingerprint density at radius 1 is 0.921 bits per heavy atom. The van der Waals surface area contributed by atoms with Crippen molar-refractivity contribution < 1.29 is 4.79 Å². The van der Waals surface area contributed by atoms with E-state index in [0.717, 1.165) is 48.5 Å². The van der Waals surface area contributed by atoms with Gasteiger partial charge in [0, 0.05) is 24.8 Å². The van der Waals surface area contributed by atoms with Gasteiger partial charge < -0.3 is 5.32 Å². The second kappa shape index (κ2) is 12.4. The quantitative estimate of drug-likeness (QED) is 0.210. The molecule has 1 N–H and O–H groups in total. The average Bonchev–Trinajstić information content (AvgIpc) is 2.95. The Morgan fingerprint density at radius 3 is 2.39 bits per heavy atom. The summed E-state index contributed by atoms with van der Waals surface area (Å²) in [5, 5.41) is 4.57. The molecule has 0 radical (unpaired) electrons. The summed E-state index contributed by atoms with van der Waals surface area (Å²) in [6.45, 7) is 3.40. The fourth-order valence-electron chi connectivity index (χ4n) is 5.24. The number of nitrogens with zero attached hydrogens (tertiary/aromatic N) is 2. The molecule has 5 rings (SSSR count). The number of amides is 1. The molecule has 0 aliphatic heterocycles. The molecule has 4 aromatic rings. The maximum Gasteiger partial charge on any atom is 0.262 e.